The highest BCUT2D eigenvalue weighted by Crippen LogP contribution is 2.33. The summed E-state index contributed by atoms with van der Waals surface area (Å²) in [5.41, 5.74) is 10.2. The first-order valence-corrected chi connectivity index (χ1v) is 12.5. The molecule has 5 rings (SSSR count). The third-order valence-corrected chi connectivity index (χ3v) is 7.11. The number of piperazine rings is 1. The molecule has 0 unspecified atom stereocenters. The van der Waals surface area contributed by atoms with Crippen molar-refractivity contribution in [3.63, 3.8) is 0 Å². The maximum Gasteiger partial charge on any atom is 0.330 e. The molecule has 3 N–H and O–H groups in total. The van der Waals surface area contributed by atoms with Crippen LogP contribution in [0.4, 0.5) is 38.0 Å². The SMILES string of the molecule is Cc1ccc(NC(=O)c2ccc(N3CCN(C)CC3)c(CF)c2)cc1N1Cc2cnc(N)nc2N(C)C1=O. The van der Waals surface area contributed by atoms with Crippen LogP contribution in [0.2, 0.25) is 0 Å². The quantitative estimate of drug-likeness (QED) is 0.533. The summed E-state index contributed by atoms with van der Waals surface area (Å²) < 4.78 is 14.0. The van der Waals surface area contributed by atoms with Gasteiger partial charge >= 0.3 is 6.03 Å². The van der Waals surface area contributed by atoms with Crippen molar-refractivity contribution in [2.24, 2.45) is 0 Å². The predicted octanol–water partition coefficient (Wildman–Crippen LogP) is 3.42. The highest BCUT2D eigenvalue weighted by Gasteiger charge is 2.31. The van der Waals surface area contributed by atoms with E-state index in [1.807, 2.05) is 19.1 Å². The molecule has 3 aromatic rings. The number of hydrogen-bond acceptors (Lipinski definition) is 7. The van der Waals surface area contributed by atoms with Gasteiger partial charge in [-0.15, -0.1) is 0 Å². The minimum Gasteiger partial charge on any atom is -0.369 e. The van der Waals surface area contributed by atoms with Crippen molar-refractivity contribution in [1.29, 1.82) is 0 Å². The molecule has 11 heteroatoms. The van der Waals surface area contributed by atoms with Crippen molar-refractivity contribution in [3.05, 3.63) is 64.8 Å². The second-order valence-corrected chi connectivity index (χ2v) is 9.73. The van der Waals surface area contributed by atoms with Crippen molar-refractivity contribution in [2.45, 2.75) is 20.1 Å². The van der Waals surface area contributed by atoms with E-state index in [1.165, 1.54) is 4.90 Å². The van der Waals surface area contributed by atoms with Gasteiger partial charge in [0.25, 0.3) is 5.91 Å². The van der Waals surface area contributed by atoms with Crippen molar-refractivity contribution < 1.29 is 14.0 Å². The molecule has 2 aliphatic rings. The molecule has 0 aliphatic carbocycles. The number of amides is 3. The van der Waals surface area contributed by atoms with Crippen LogP contribution in [0.15, 0.2) is 42.6 Å². The lowest BCUT2D eigenvalue weighted by Crippen LogP contribution is -2.46. The van der Waals surface area contributed by atoms with E-state index in [9.17, 15) is 14.0 Å². The Morgan fingerprint density at radius 2 is 1.84 bits per heavy atom. The van der Waals surface area contributed by atoms with Crippen LogP contribution in [0.1, 0.15) is 27.0 Å². The number of rotatable bonds is 5. The predicted molar refractivity (Wildman–Crippen MR) is 147 cm³/mol. The lowest BCUT2D eigenvalue weighted by atomic mass is 10.1. The number of nitrogens with zero attached hydrogens (tertiary/aromatic N) is 6. The molecule has 1 fully saturated rings. The van der Waals surface area contributed by atoms with Gasteiger partial charge in [-0.1, -0.05) is 6.07 Å². The standard InChI is InChI=1S/C27H31FN8O2/c1-17-4-6-21(13-23(17)36-16-20-15-30-26(29)32-24(20)34(3)27(36)38)31-25(37)18-5-7-22(19(12-18)14-28)35-10-8-33(2)9-11-35/h4-7,12-13,15H,8-11,14,16H2,1-3H3,(H,31,37)(H2,29,30,32). The van der Waals surface area contributed by atoms with Crippen molar-refractivity contribution in [2.75, 3.05) is 66.0 Å². The fourth-order valence-corrected chi connectivity index (χ4v) is 4.88. The number of carbonyl (C=O) groups excluding carboxylic acids is 2. The van der Waals surface area contributed by atoms with Crippen molar-refractivity contribution in [3.8, 4) is 0 Å². The number of aryl methyl sites for hydroxylation is 1. The largest absolute Gasteiger partial charge is 0.369 e. The molecule has 0 radical (unpaired) electrons. The second kappa shape index (κ2) is 10.3. The summed E-state index contributed by atoms with van der Waals surface area (Å²) in [7, 11) is 3.70. The molecule has 3 amide bonds. The van der Waals surface area contributed by atoms with Crippen LogP contribution in [0.3, 0.4) is 0 Å². The molecule has 10 nitrogen and oxygen atoms in total. The van der Waals surface area contributed by atoms with Gasteiger partial charge in [-0.25, -0.2) is 14.2 Å². The van der Waals surface area contributed by atoms with E-state index >= 15 is 0 Å². The first kappa shape index (κ1) is 25.4. The number of alkyl halides is 1. The van der Waals surface area contributed by atoms with E-state index in [-0.39, 0.29) is 24.4 Å². The Hall–Kier alpha value is -4.25. The molecular weight excluding hydrogens is 487 g/mol. The molecule has 198 valence electrons. The topological polar surface area (TPSA) is 111 Å². The lowest BCUT2D eigenvalue weighted by Gasteiger charge is -2.35. The average molecular weight is 519 g/mol. The smallest absolute Gasteiger partial charge is 0.330 e. The molecule has 2 aliphatic heterocycles. The summed E-state index contributed by atoms with van der Waals surface area (Å²) in [6, 6.07) is 10.3. The van der Waals surface area contributed by atoms with E-state index < -0.39 is 6.67 Å². The number of fused-ring (bicyclic) bond motifs is 1. The molecule has 3 heterocycles. The number of urea groups is 1. The van der Waals surface area contributed by atoms with Gasteiger partial charge < -0.3 is 20.9 Å². The Morgan fingerprint density at radius 1 is 1.08 bits per heavy atom. The number of anilines is 5. The van der Waals surface area contributed by atoms with E-state index in [0.717, 1.165) is 43.0 Å². The zero-order valence-corrected chi connectivity index (χ0v) is 21.7. The highest BCUT2D eigenvalue weighted by molar-refractivity contribution is 6.07. The molecule has 38 heavy (non-hydrogen) atoms. The number of nitrogens with one attached hydrogen (secondary N) is 1. The number of benzene rings is 2. The first-order valence-electron chi connectivity index (χ1n) is 12.5. The minimum atomic E-state index is -0.654. The molecule has 2 aromatic carbocycles. The Kier molecular flexibility index (Phi) is 6.85. The van der Waals surface area contributed by atoms with E-state index in [0.29, 0.717) is 28.3 Å². The maximum absolute atomic E-state index is 14.0. The third-order valence-electron chi connectivity index (χ3n) is 7.11. The molecule has 0 atom stereocenters. The normalized spacial score (nSPS) is 16.0. The Balaban J connectivity index is 1.36. The Morgan fingerprint density at radius 3 is 2.58 bits per heavy atom. The van der Waals surface area contributed by atoms with Gasteiger partial charge in [-0.3, -0.25) is 14.6 Å². The molecule has 0 saturated carbocycles. The molecule has 1 aromatic heterocycles. The fraction of sp³-hybridized carbons (Fsp3) is 0.333. The number of likely N-dealkylation sites (N-methyl/N-ethyl adjacent to an activating group) is 1. The van der Waals surface area contributed by atoms with Gasteiger partial charge in [0, 0.05) is 67.5 Å². The van der Waals surface area contributed by atoms with Crippen LogP contribution in [0.25, 0.3) is 0 Å². The fourth-order valence-electron chi connectivity index (χ4n) is 4.88. The Labute approximate surface area is 220 Å². The minimum absolute atomic E-state index is 0.102. The van der Waals surface area contributed by atoms with Gasteiger partial charge in [0.2, 0.25) is 5.95 Å². The second-order valence-electron chi connectivity index (χ2n) is 9.73. The zero-order chi connectivity index (χ0) is 27.0. The molecular formula is C27H31FN8O2. The lowest BCUT2D eigenvalue weighted by molar-refractivity contribution is 0.102. The van der Waals surface area contributed by atoms with E-state index in [1.54, 1.807) is 42.4 Å². The number of nitrogens with two attached hydrogens (primary N) is 1. The number of carbonyl (C=O) groups is 2. The van der Waals surface area contributed by atoms with Crippen LogP contribution in [0, 0.1) is 6.92 Å². The number of halogens is 1. The van der Waals surface area contributed by atoms with Gasteiger partial charge in [0.1, 0.15) is 12.5 Å². The van der Waals surface area contributed by atoms with Crippen molar-refractivity contribution >= 4 is 40.8 Å². The van der Waals surface area contributed by atoms with Gasteiger partial charge in [-0.2, -0.15) is 4.98 Å². The monoisotopic (exact) mass is 518 g/mol. The number of nitrogen functional groups attached to an aromatic ring is 1. The summed E-state index contributed by atoms with van der Waals surface area (Å²) in [6.07, 6.45) is 1.61. The van der Waals surface area contributed by atoms with Crippen LogP contribution >= 0.6 is 0 Å². The summed E-state index contributed by atoms with van der Waals surface area (Å²) in [5, 5.41) is 2.90. The maximum atomic E-state index is 14.0. The van der Waals surface area contributed by atoms with Crippen LogP contribution in [-0.2, 0) is 13.2 Å². The van der Waals surface area contributed by atoms with E-state index in [2.05, 4.69) is 32.1 Å². The summed E-state index contributed by atoms with van der Waals surface area (Å²) in [5.74, 6) is 0.227. The summed E-state index contributed by atoms with van der Waals surface area (Å²) >= 11 is 0. The first-order chi connectivity index (χ1) is 18.2. The Bertz CT molecular complexity index is 1390. The highest BCUT2D eigenvalue weighted by atomic mass is 19.1. The molecule has 0 bridgehead atoms. The number of aromatic nitrogens is 2. The molecule has 1 saturated heterocycles. The van der Waals surface area contributed by atoms with Crippen LogP contribution in [-0.4, -0.2) is 67.1 Å². The summed E-state index contributed by atoms with van der Waals surface area (Å²) in [4.78, 5) is 42.0. The van der Waals surface area contributed by atoms with Crippen LogP contribution in [0.5, 0.6) is 0 Å². The third kappa shape index (κ3) is 4.84. The summed E-state index contributed by atoms with van der Waals surface area (Å²) in [6.45, 7) is 4.96. The van der Waals surface area contributed by atoms with Gasteiger partial charge in [-0.05, 0) is 49.9 Å². The average Bonchev–Trinajstić information content (AvgIpc) is 2.92. The number of hydrogen-bond donors (Lipinski definition) is 2. The van der Waals surface area contributed by atoms with Gasteiger partial charge in [0.05, 0.1) is 12.2 Å². The van der Waals surface area contributed by atoms with Crippen LogP contribution < -0.4 is 25.8 Å². The molecule has 0 spiro atoms. The van der Waals surface area contributed by atoms with Crippen molar-refractivity contribution in [1.82, 2.24) is 14.9 Å². The zero-order valence-electron chi connectivity index (χ0n) is 21.7. The van der Waals surface area contributed by atoms with Gasteiger partial charge in [0.15, 0.2) is 0 Å². The van der Waals surface area contributed by atoms with E-state index in [4.69, 9.17) is 5.73 Å².